The Labute approximate surface area is 97.3 Å². The van der Waals surface area contributed by atoms with E-state index in [1.54, 1.807) is 12.1 Å². The number of ether oxygens (including phenoxy) is 1. The Hall–Kier alpha value is -1.02. The first kappa shape index (κ1) is 11.5. The molecule has 1 aliphatic rings. The Bertz CT molecular complexity index is 310. The van der Waals surface area contributed by atoms with Crippen LogP contribution in [0.4, 0.5) is 0 Å². The third kappa shape index (κ3) is 2.76. The minimum Gasteiger partial charge on any atom is -0.508 e. The number of aromatic hydroxyl groups is 1. The van der Waals surface area contributed by atoms with Crippen molar-refractivity contribution in [1.82, 2.24) is 0 Å². The van der Waals surface area contributed by atoms with Crippen LogP contribution in [0.1, 0.15) is 44.3 Å². The number of rotatable bonds is 3. The van der Waals surface area contributed by atoms with E-state index in [1.165, 1.54) is 24.8 Å². The zero-order chi connectivity index (χ0) is 11.4. The molecule has 1 heterocycles. The standard InChI is InChI=1S/C14H20O2/c1-2-3-11-4-9-14(16-10-11)12-5-7-13(15)8-6-12/h5-8,11,14-15H,2-4,9-10H2,1H3/t11-,14+/m0/s1. The number of hydrogen-bond donors (Lipinski definition) is 1. The van der Waals surface area contributed by atoms with Gasteiger partial charge in [0.25, 0.3) is 0 Å². The monoisotopic (exact) mass is 220 g/mol. The van der Waals surface area contributed by atoms with Crippen molar-refractivity contribution in [3.05, 3.63) is 29.8 Å². The van der Waals surface area contributed by atoms with Gasteiger partial charge in [0, 0.05) is 0 Å². The van der Waals surface area contributed by atoms with Gasteiger partial charge in [0.1, 0.15) is 5.75 Å². The lowest BCUT2D eigenvalue weighted by molar-refractivity contribution is -0.0194. The molecule has 0 radical (unpaired) electrons. The minimum atomic E-state index is 0.230. The largest absolute Gasteiger partial charge is 0.508 e. The highest BCUT2D eigenvalue weighted by Crippen LogP contribution is 2.32. The van der Waals surface area contributed by atoms with Gasteiger partial charge in [-0.15, -0.1) is 0 Å². The summed E-state index contributed by atoms with van der Waals surface area (Å²) in [7, 11) is 0. The molecular formula is C14H20O2. The summed E-state index contributed by atoms with van der Waals surface area (Å²) in [5.41, 5.74) is 1.19. The summed E-state index contributed by atoms with van der Waals surface area (Å²) >= 11 is 0. The van der Waals surface area contributed by atoms with Gasteiger partial charge >= 0.3 is 0 Å². The summed E-state index contributed by atoms with van der Waals surface area (Å²) in [6, 6.07) is 7.38. The highest BCUT2D eigenvalue weighted by Gasteiger charge is 2.22. The molecule has 0 unspecified atom stereocenters. The number of benzene rings is 1. The summed E-state index contributed by atoms with van der Waals surface area (Å²) in [4.78, 5) is 0. The number of hydrogen-bond acceptors (Lipinski definition) is 2. The summed E-state index contributed by atoms with van der Waals surface area (Å²) in [5, 5.41) is 9.23. The Morgan fingerprint density at radius 3 is 2.56 bits per heavy atom. The second kappa shape index (κ2) is 5.35. The molecule has 0 aliphatic carbocycles. The van der Waals surface area contributed by atoms with E-state index in [1.807, 2.05) is 12.1 Å². The fourth-order valence-electron chi connectivity index (χ4n) is 2.39. The molecule has 2 heteroatoms. The van der Waals surface area contributed by atoms with Crippen molar-refractivity contribution < 1.29 is 9.84 Å². The molecule has 0 amide bonds. The van der Waals surface area contributed by atoms with Crippen LogP contribution in [0.25, 0.3) is 0 Å². The molecule has 2 atom stereocenters. The molecule has 1 fully saturated rings. The van der Waals surface area contributed by atoms with Crippen LogP contribution in [-0.2, 0) is 4.74 Å². The van der Waals surface area contributed by atoms with Crippen LogP contribution in [0.15, 0.2) is 24.3 Å². The van der Waals surface area contributed by atoms with Gasteiger partial charge in [-0.3, -0.25) is 0 Å². The Morgan fingerprint density at radius 1 is 1.25 bits per heavy atom. The van der Waals surface area contributed by atoms with Crippen molar-refractivity contribution >= 4 is 0 Å². The molecule has 1 aromatic carbocycles. The van der Waals surface area contributed by atoms with Crippen molar-refractivity contribution in [3.63, 3.8) is 0 Å². The van der Waals surface area contributed by atoms with Crippen LogP contribution in [0.2, 0.25) is 0 Å². The molecule has 2 rings (SSSR count). The normalized spacial score (nSPS) is 25.6. The van der Waals surface area contributed by atoms with Gasteiger partial charge < -0.3 is 9.84 Å². The fourth-order valence-corrected chi connectivity index (χ4v) is 2.39. The van der Waals surface area contributed by atoms with E-state index in [2.05, 4.69) is 6.92 Å². The van der Waals surface area contributed by atoms with E-state index < -0.39 is 0 Å². The summed E-state index contributed by atoms with van der Waals surface area (Å²) in [6.07, 6.45) is 5.13. The first-order valence-electron chi connectivity index (χ1n) is 6.20. The summed E-state index contributed by atoms with van der Waals surface area (Å²) in [5.74, 6) is 1.07. The van der Waals surface area contributed by atoms with Crippen LogP contribution in [0.3, 0.4) is 0 Å². The average Bonchev–Trinajstić information content (AvgIpc) is 2.32. The predicted octanol–water partition coefficient (Wildman–Crippen LogP) is 3.66. The minimum absolute atomic E-state index is 0.230. The van der Waals surface area contributed by atoms with Crippen molar-refractivity contribution in [2.24, 2.45) is 5.92 Å². The van der Waals surface area contributed by atoms with Gasteiger partial charge in [0.05, 0.1) is 12.7 Å². The lowest BCUT2D eigenvalue weighted by atomic mass is 9.92. The Morgan fingerprint density at radius 2 is 2.00 bits per heavy atom. The summed E-state index contributed by atoms with van der Waals surface area (Å²) < 4.78 is 5.89. The lowest BCUT2D eigenvalue weighted by Crippen LogP contribution is -2.20. The molecular weight excluding hydrogens is 200 g/mol. The predicted molar refractivity (Wildman–Crippen MR) is 64.4 cm³/mol. The molecule has 0 bridgehead atoms. The van der Waals surface area contributed by atoms with Crippen LogP contribution < -0.4 is 0 Å². The van der Waals surface area contributed by atoms with E-state index in [9.17, 15) is 5.11 Å². The molecule has 88 valence electrons. The molecule has 1 N–H and O–H groups in total. The molecule has 1 aliphatic heterocycles. The molecule has 1 saturated heterocycles. The van der Waals surface area contributed by atoms with E-state index in [4.69, 9.17) is 4.74 Å². The second-order valence-electron chi connectivity index (χ2n) is 4.65. The summed E-state index contributed by atoms with van der Waals surface area (Å²) in [6.45, 7) is 3.12. The highest BCUT2D eigenvalue weighted by atomic mass is 16.5. The zero-order valence-electron chi connectivity index (χ0n) is 9.86. The van der Waals surface area contributed by atoms with E-state index in [-0.39, 0.29) is 6.10 Å². The van der Waals surface area contributed by atoms with Gasteiger partial charge in [-0.25, -0.2) is 0 Å². The van der Waals surface area contributed by atoms with Crippen molar-refractivity contribution in [1.29, 1.82) is 0 Å². The van der Waals surface area contributed by atoms with Crippen LogP contribution in [0, 0.1) is 5.92 Å². The van der Waals surface area contributed by atoms with Crippen LogP contribution >= 0.6 is 0 Å². The molecule has 0 saturated carbocycles. The smallest absolute Gasteiger partial charge is 0.115 e. The maximum Gasteiger partial charge on any atom is 0.115 e. The lowest BCUT2D eigenvalue weighted by Gasteiger charge is -2.29. The quantitative estimate of drug-likeness (QED) is 0.842. The average molecular weight is 220 g/mol. The third-order valence-corrected chi connectivity index (χ3v) is 3.33. The van der Waals surface area contributed by atoms with Crippen molar-refractivity contribution in [3.8, 4) is 5.75 Å². The maximum atomic E-state index is 9.23. The SMILES string of the molecule is CCC[C@H]1CC[C@H](c2ccc(O)cc2)OC1. The van der Waals surface area contributed by atoms with Gasteiger partial charge in [0.15, 0.2) is 0 Å². The Kier molecular flexibility index (Phi) is 3.83. The maximum absolute atomic E-state index is 9.23. The van der Waals surface area contributed by atoms with Crippen molar-refractivity contribution in [2.75, 3.05) is 6.61 Å². The van der Waals surface area contributed by atoms with Crippen LogP contribution in [-0.4, -0.2) is 11.7 Å². The Balaban J connectivity index is 1.91. The number of phenols is 1. The van der Waals surface area contributed by atoms with Gasteiger partial charge in [-0.05, 0) is 42.9 Å². The van der Waals surface area contributed by atoms with Crippen molar-refractivity contribution in [2.45, 2.75) is 38.7 Å². The molecule has 0 spiro atoms. The van der Waals surface area contributed by atoms with E-state index >= 15 is 0 Å². The molecule has 0 aromatic heterocycles. The van der Waals surface area contributed by atoms with Gasteiger partial charge in [-0.2, -0.15) is 0 Å². The fraction of sp³-hybridized carbons (Fsp3) is 0.571. The van der Waals surface area contributed by atoms with E-state index in [0.29, 0.717) is 5.75 Å². The van der Waals surface area contributed by atoms with Gasteiger partial charge in [-0.1, -0.05) is 25.5 Å². The first-order valence-corrected chi connectivity index (χ1v) is 6.20. The molecule has 1 aromatic rings. The topological polar surface area (TPSA) is 29.5 Å². The molecule has 2 nitrogen and oxygen atoms in total. The second-order valence-corrected chi connectivity index (χ2v) is 4.65. The third-order valence-electron chi connectivity index (χ3n) is 3.33. The van der Waals surface area contributed by atoms with E-state index in [0.717, 1.165) is 18.9 Å². The van der Waals surface area contributed by atoms with Gasteiger partial charge in [0.2, 0.25) is 0 Å². The zero-order valence-corrected chi connectivity index (χ0v) is 9.86. The highest BCUT2D eigenvalue weighted by molar-refractivity contribution is 5.27. The number of phenolic OH excluding ortho intramolecular Hbond substituents is 1. The molecule has 16 heavy (non-hydrogen) atoms. The first-order chi connectivity index (χ1) is 7.79. The van der Waals surface area contributed by atoms with Crippen LogP contribution in [0.5, 0.6) is 5.75 Å².